The first kappa shape index (κ1) is 11.2. The molecule has 0 spiro atoms. The molecule has 0 aliphatic heterocycles. The average Bonchev–Trinajstić information content (AvgIpc) is 3.18. The van der Waals surface area contributed by atoms with Crippen molar-refractivity contribution in [1.29, 1.82) is 0 Å². The van der Waals surface area contributed by atoms with Crippen LogP contribution in [0.15, 0.2) is 48.7 Å². The summed E-state index contributed by atoms with van der Waals surface area (Å²) in [5.74, 6) is 0.874. The van der Waals surface area contributed by atoms with Crippen molar-refractivity contribution in [1.82, 2.24) is 10.3 Å². The Balaban J connectivity index is 1.56. The highest BCUT2D eigenvalue weighted by Crippen LogP contribution is 2.40. The molecule has 1 aliphatic rings. The third-order valence-electron chi connectivity index (χ3n) is 3.42. The fourth-order valence-electron chi connectivity index (χ4n) is 2.28. The average molecular weight is 240 g/mol. The Morgan fingerprint density at radius 2 is 2.00 bits per heavy atom. The largest absolute Gasteiger partial charge is 0.506 e. The van der Waals surface area contributed by atoms with Crippen molar-refractivity contribution in [2.75, 3.05) is 0 Å². The van der Waals surface area contributed by atoms with E-state index in [0.29, 0.717) is 18.5 Å². The molecule has 3 nitrogen and oxygen atoms in total. The van der Waals surface area contributed by atoms with Gasteiger partial charge in [-0.05, 0) is 24.1 Å². The highest BCUT2D eigenvalue weighted by atomic mass is 16.3. The van der Waals surface area contributed by atoms with Crippen molar-refractivity contribution in [3.8, 4) is 5.75 Å². The predicted octanol–water partition coefficient (Wildman–Crippen LogP) is 2.43. The van der Waals surface area contributed by atoms with Gasteiger partial charge in [0.2, 0.25) is 0 Å². The Morgan fingerprint density at radius 3 is 2.78 bits per heavy atom. The monoisotopic (exact) mass is 240 g/mol. The molecule has 1 aromatic carbocycles. The minimum Gasteiger partial charge on any atom is -0.506 e. The maximum Gasteiger partial charge on any atom is 0.138 e. The zero-order valence-corrected chi connectivity index (χ0v) is 10.1. The summed E-state index contributed by atoms with van der Waals surface area (Å²) >= 11 is 0. The van der Waals surface area contributed by atoms with Crippen LogP contribution in [-0.4, -0.2) is 16.1 Å². The molecule has 2 atom stereocenters. The summed E-state index contributed by atoms with van der Waals surface area (Å²) in [6.45, 7) is 0.626. The molecule has 3 rings (SSSR count). The fourth-order valence-corrected chi connectivity index (χ4v) is 2.28. The van der Waals surface area contributed by atoms with Gasteiger partial charge in [0.15, 0.2) is 0 Å². The van der Waals surface area contributed by atoms with Gasteiger partial charge in [-0.1, -0.05) is 30.3 Å². The minimum absolute atomic E-state index is 0.266. The molecule has 3 heteroatoms. The van der Waals surface area contributed by atoms with Crippen LogP contribution in [0.2, 0.25) is 0 Å². The van der Waals surface area contributed by atoms with Crippen LogP contribution >= 0.6 is 0 Å². The summed E-state index contributed by atoms with van der Waals surface area (Å²) < 4.78 is 0. The third kappa shape index (κ3) is 2.36. The van der Waals surface area contributed by atoms with Gasteiger partial charge in [-0.2, -0.15) is 0 Å². The Hall–Kier alpha value is -1.87. The maximum absolute atomic E-state index is 9.62. The molecule has 18 heavy (non-hydrogen) atoms. The molecule has 92 valence electrons. The highest BCUT2D eigenvalue weighted by molar-refractivity contribution is 5.29. The fraction of sp³-hybridized carbons (Fsp3) is 0.267. The molecule has 0 radical (unpaired) electrons. The zero-order chi connectivity index (χ0) is 12.4. The van der Waals surface area contributed by atoms with Gasteiger partial charge in [-0.3, -0.25) is 4.98 Å². The summed E-state index contributed by atoms with van der Waals surface area (Å²) in [5.41, 5.74) is 2.11. The number of aromatic hydroxyl groups is 1. The van der Waals surface area contributed by atoms with Crippen molar-refractivity contribution in [3.05, 3.63) is 59.9 Å². The van der Waals surface area contributed by atoms with Gasteiger partial charge in [0.1, 0.15) is 5.75 Å². The van der Waals surface area contributed by atoms with E-state index in [0.717, 1.165) is 12.1 Å². The first-order chi connectivity index (χ1) is 8.84. The maximum atomic E-state index is 9.62. The van der Waals surface area contributed by atoms with Crippen LogP contribution < -0.4 is 5.32 Å². The van der Waals surface area contributed by atoms with Gasteiger partial charge in [-0.25, -0.2) is 0 Å². The third-order valence-corrected chi connectivity index (χ3v) is 3.42. The van der Waals surface area contributed by atoms with E-state index in [1.165, 1.54) is 5.56 Å². The Labute approximate surface area is 107 Å². The Morgan fingerprint density at radius 1 is 1.17 bits per heavy atom. The smallest absolute Gasteiger partial charge is 0.138 e. The van der Waals surface area contributed by atoms with Crippen LogP contribution in [-0.2, 0) is 6.54 Å². The summed E-state index contributed by atoms with van der Waals surface area (Å²) in [6, 6.07) is 14.5. The van der Waals surface area contributed by atoms with E-state index in [9.17, 15) is 5.11 Å². The SMILES string of the molecule is Oc1cccnc1CN[C@H]1CC1c1ccccc1. The first-order valence-corrected chi connectivity index (χ1v) is 6.26. The second-order valence-electron chi connectivity index (χ2n) is 4.71. The first-order valence-electron chi connectivity index (χ1n) is 6.26. The van der Waals surface area contributed by atoms with Gasteiger partial charge < -0.3 is 10.4 Å². The molecule has 1 saturated carbocycles. The van der Waals surface area contributed by atoms with Crippen molar-refractivity contribution < 1.29 is 5.11 Å². The molecule has 1 aromatic heterocycles. The molecule has 1 heterocycles. The number of hydrogen-bond donors (Lipinski definition) is 2. The van der Waals surface area contributed by atoms with Crippen molar-refractivity contribution in [3.63, 3.8) is 0 Å². The summed E-state index contributed by atoms with van der Waals surface area (Å²) in [7, 11) is 0. The van der Waals surface area contributed by atoms with Crippen molar-refractivity contribution in [2.24, 2.45) is 0 Å². The predicted molar refractivity (Wildman–Crippen MR) is 70.3 cm³/mol. The van der Waals surface area contributed by atoms with E-state index in [4.69, 9.17) is 0 Å². The molecule has 0 amide bonds. The van der Waals surface area contributed by atoms with E-state index < -0.39 is 0 Å². The normalized spacial score (nSPS) is 21.8. The van der Waals surface area contributed by atoms with Crippen LogP contribution in [0.1, 0.15) is 23.6 Å². The van der Waals surface area contributed by atoms with E-state index in [1.807, 2.05) is 6.07 Å². The molecular formula is C15H16N2O. The van der Waals surface area contributed by atoms with Crippen LogP contribution in [0.4, 0.5) is 0 Å². The van der Waals surface area contributed by atoms with Gasteiger partial charge in [0.25, 0.3) is 0 Å². The molecular weight excluding hydrogens is 224 g/mol. The number of benzene rings is 1. The number of nitrogens with zero attached hydrogens (tertiary/aromatic N) is 1. The van der Waals surface area contributed by atoms with E-state index in [2.05, 4.69) is 34.6 Å². The van der Waals surface area contributed by atoms with Crippen LogP contribution in [0, 0.1) is 0 Å². The van der Waals surface area contributed by atoms with Gasteiger partial charge in [0, 0.05) is 24.7 Å². The van der Waals surface area contributed by atoms with E-state index in [-0.39, 0.29) is 5.75 Å². The second-order valence-corrected chi connectivity index (χ2v) is 4.71. The summed E-state index contributed by atoms with van der Waals surface area (Å²) in [6.07, 6.45) is 2.87. The minimum atomic E-state index is 0.266. The topological polar surface area (TPSA) is 45.2 Å². The van der Waals surface area contributed by atoms with E-state index in [1.54, 1.807) is 18.3 Å². The molecule has 2 N–H and O–H groups in total. The highest BCUT2D eigenvalue weighted by Gasteiger charge is 2.37. The Bertz CT molecular complexity index is 527. The van der Waals surface area contributed by atoms with Crippen LogP contribution in [0.5, 0.6) is 5.75 Å². The van der Waals surface area contributed by atoms with E-state index >= 15 is 0 Å². The molecule has 0 bridgehead atoms. The Kier molecular flexibility index (Phi) is 2.99. The van der Waals surface area contributed by atoms with Gasteiger partial charge >= 0.3 is 0 Å². The lowest BCUT2D eigenvalue weighted by atomic mass is 10.1. The second kappa shape index (κ2) is 4.78. The van der Waals surface area contributed by atoms with Crippen LogP contribution in [0.25, 0.3) is 0 Å². The molecule has 1 aliphatic carbocycles. The summed E-state index contributed by atoms with van der Waals surface area (Å²) in [4.78, 5) is 4.16. The quantitative estimate of drug-likeness (QED) is 0.862. The molecule has 1 unspecified atom stereocenters. The van der Waals surface area contributed by atoms with Crippen molar-refractivity contribution in [2.45, 2.75) is 24.9 Å². The van der Waals surface area contributed by atoms with Gasteiger partial charge in [0.05, 0.1) is 5.69 Å². The lowest BCUT2D eigenvalue weighted by Crippen LogP contribution is -2.18. The number of rotatable bonds is 4. The standard InChI is InChI=1S/C15H16N2O/c18-15-7-4-8-16-14(15)10-17-13-9-12(13)11-5-2-1-3-6-11/h1-8,12-13,17-18H,9-10H2/t12?,13-/m0/s1. The number of aromatic nitrogens is 1. The summed E-state index contributed by atoms with van der Waals surface area (Å²) in [5, 5.41) is 13.1. The number of pyridine rings is 1. The number of hydrogen-bond acceptors (Lipinski definition) is 3. The van der Waals surface area contributed by atoms with Crippen molar-refractivity contribution >= 4 is 0 Å². The molecule has 0 saturated heterocycles. The lowest BCUT2D eigenvalue weighted by molar-refractivity contribution is 0.459. The zero-order valence-electron chi connectivity index (χ0n) is 10.1. The van der Waals surface area contributed by atoms with Crippen LogP contribution in [0.3, 0.4) is 0 Å². The number of nitrogens with one attached hydrogen (secondary N) is 1. The molecule has 2 aromatic rings. The van der Waals surface area contributed by atoms with Gasteiger partial charge in [-0.15, -0.1) is 0 Å². The lowest BCUT2D eigenvalue weighted by Gasteiger charge is -2.05. The molecule has 1 fully saturated rings.